The zero-order chi connectivity index (χ0) is 20.6. The van der Waals surface area contributed by atoms with E-state index in [1.165, 1.54) is 12.1 Å². The van der Waals surface area contributed by atoms with Crippen molar-refractivity contribution in [3.63, 3.8) is 0 Å². The maximum absolute atomic E-state index is 13.2. The van der Waals surface area contributed by atoms with Gasteiger partial charge < -0.3 is 15.5 Å². The smallest absolute Gasteiger partial charge is 0.321 e. The molecule has 3 rings (SSSR count). The van der Waals surface area contributed by atoms with Gasteiger partial charge >= 0.3 is 6.03 Å². The molecule has 1 atom stereocenters. The van der Waals surface area contributed by atoms with Crippen molar-refractivity contribution in [3.05, 3.63) is 65.5 Å². The first-order valence-corrected chi connectivity index (χ1v) is 10.1. The van der Waals surface area contributed by atoms with E-state index in [0.29, 0.717) is 25.4 Å². The summed E-state index contributed by atoms with van der Waals surface area (Å²) >= 11 is 0. The maximum Gasteiger partial charge on any atom is 0.321 e. The highest BCUT2D eigenvalue weighted by molar-refractivity contribution is 5.89. The number of nitrogens with zero attached hydrogens (tertiary/aromatic N) is 1. The Labute approximate surface area is 171 Å². The van der Waals surface area contributed by atoms with Crippen LogP contribution in [0.25, 0.3) is 0 Å². The monoisotopic (exact) mass is 397 g/mol. The van der Waals surface area contributed by atoms with Crippen molar-refractivity contribution in [1.82, 2.24) is 10.2 Å². The Morgan fingerprint density at radius 3 is 2.79 bits per heavy atom. The van der Waals surface area contributed by atoms with E-state index in [0.717, 1.165) is 42.6 Å². The first-order valence-electron chi connectivity index (χ1n) is 10.1. The number of anilines is 1. The molecule has 1 unspecified atom stereocenters. The highest BCUT2D eigenvalue weighted by Gasteiger charge is 2.24. The lowest BCUT2D eigenvalue weighted by Crippen LogP contribution is -2.42. The first-order chi connectivity index (χ1) is 14.0. The number of carbonyl (C=O) groups is 2. The summed E-state index contributed by atoms with van der Waals surface area (Å²) in [7, 11) is 0. The Morgan fingerprint density at radius 1 is 1.17 bits per heavy atom. The summed E-state index contributed by atoms with van der Waals surface area (Å²) in [5.41, 5.74) is 2.65. The summed E-state index contributed by atoms with van der Waals surface area (Å²) < 4.78 is 13.2. The van der Waals surface area contributed by atoms with Crippen LogP contribution in [0.15, 0.2) is 48.5 Å². The predicted octanol–water partition coefficient (Wildman–Crippen LogP) is 4.47. The van der Waals surface area contributed by atoms with Gasteiger partial charge in [-0.25, -0.2) is 9.18 Å². The Bertz CT molecular complexity index is 856. The number of carbonyl (C=O) groups excluding carboxylic acids is 2. The molecule has 6 heteroatoms. The molecule has 1 aliphatic rings. The van der Waals surface area contributed by atoms with Gasteiger partial charge in [0.15, 0.2) is 0 Å². The van der Waals surface area contributed by atoms with Crippen molar-refractivity contribution in [3.8, 4) is 0 Å². The first kappa shape index (κ1) is 20.8. The molecule has 29 heavy (non-hydrogen) atoms. The molecule has 0 spiro atoms. The van der Waals surface area contributed by atoms with Gasteiger partial charge in [-0.2, -0.15) is 0 Å². The van der Waals surface area contributed by atoms with Crippen molar-refractivity contribution in [2.45, 2.75) is 39.2 Å². The molecule has 0 bridgehead atoms. The van der Waals surface area contributed by atoms with Gasteiger partial charge in [0.25, 0.3) is 0 Å². The van der Waals surface area contributed by atoms with Gasteiger partial charge in [0.2, 0.25) is 5.91 Å². The number of benzene rings is 2. The second kappa shape index (κ2) is 10.0. The number of hydrogen-bond donors (Lipinski definition) is 2. The van der Waals surface area contributed by atoms with Gasteiger partial charge in [0.1, 0.15) is 5.82 Å². The highest BCUT2D eigenvalue weighted by Crippen LogP contribution is 2.22. The summed E-state index contributed by atoms with van der Waals surface area (Å²) in [6, 6.07) is 13.9. The lowest BCUT2D eigenvalue weighted by atomic mass is 9.93. The van der Waals surface area contributed by atoms with Crippen LogP contribution < -0.4 is 10.6 Å². The zero-order valence-corrected chi connectivity index (χ0v) is 16.8. The number of amides is 3. The quantitative estimate of drug-likeness (QED) is 0.755. The summed E-state index contributed by atoms with van der Waals surface area (Å²) in [6.07, 6.45) is 3.11. The molecule has 1 heterocycles. The second-order valence-electron chi connectivity index (χ2n) is 7.70. The van der Waals surface area contributed by atoms with Gasteiger partial charge in [0, 0.05) is 31.7 Å². The number of hydrogen-bond acceptors (Lipinski definition) is 2. The fourth-order valence-electron chi connectivity index (χ4n) is 3.68. The number of halogens is 1. The largest absolute Gasteiger partial charge is 0.352 e. The molecule has 0 saturated carbocycles. The summed E-state index contributed by atoms with van der Waals surface area (Å²) in [5, 5.41) is 5.80. The molecule has 0 aromatic heterocycles. The Morgan fingerprint density at radius 2 is 2.00 bits per heavy atom. The van der Waals surface area contributed by atoms with E-state index in [2.05, 4.69) is 10.6 Å². The molecule has 2 aromatic carbocycles. The average molecular weight is 397 g/mol. The van der Waals surface area contributed by atoms with Crippen LogP contribution in [0.2, 0.25) is 0 Å². The summed E-state index contributed by atoms with van der Waals surface area (Å²) in [5.74, 6) is -0.0366. The summed E-state index contributed by atoms with van der Waals surface area (Å²) in [4.78, 5) is 26.5. The fourth-order valence-corrected chi connectivity index (χ4v) is 3.68. The third kappa shape index (κ3) is 6.59. The molecular formula is C23H28FN3O2. The topological polar surface area (TPSA) is 61.4 Å². The van der Waals surface area contributed by atoms with Crippen LogP contribution in [-0.2, 0) is 11.3 Å². The van der Waals surface area contributed by atoms with Crippen LogP contribution in [0.5, 0.6) is 0 Å². The van der Waals surface area contributed by atoms with Crippen LogP contribution in [-0.4, -0.2) is 29.9 Å². The van der Waals surface area contributed by atoms with Crippen molar-refractivity contribution >= 4 is 17.6 Å². The minimum absolute atomic E-state index is 0.0457. The number of aryl methyl sites for hydroxylation is 1. The maximum atomic E-state index is 13.2. The van der Waals surface area contributed by atoms with Gasteiger partial charge in [-0.15, -0.1) is 0 Å². The minimum atomic E-state index is -0.303. The van der Waals surface area contributed by atoms with E-state index < -0.39 is 0 Å². The molecule has 5 nitrogen and oxygen atoms in total. The lowest BCUT2D eigenvalue weighted by molar-refractivity contribution is -0.121. The third-order valence-electron chi connectivity index (χ3n) is 5.23. The SMILES string of the molecule is Cc1cccc(NC(=O)N2CCCC(CCC(=O)NCc3cccc(F)c3)C2)c1. The Hall–Kier alpha value is -2.89. The van der Waals surface area contributed by atoms with E-state index in [1.54, 1.807) is 12.1 Å². The van der Waals surface area contributed by atoms with Gasteiger partial charge in [-0.1, -0.05) is 24.3 Å². The van der Waals surface area contributed by atoms with Crippen molar-refractivity contribution < 1.29 is 14.0 Å². The number of piperidine rings is 1. The third-order valence-corrected chi connectivity index (χ3v) is 5.23. The molecule has 0 aliphatic carbocycles. The van der Waals surface area contributed by atoms with Crippen LogP contribution in [0.1, 0.15) is 36.8 Å². The van der Waals surface area contributed by atoms with Crippen molar-refractivity contribution in [2.24, 2.45) is 5.92 Å². The van der Waals surface area contributed by atoms with E-state index in [4.69, 9.17) is 0 Å². The van der Waals surface area contributed by atoms with Crippen molar-refractivity contribution in [2.75, 3.05) is 18.4 Å². The van der Waals surface area contributed by atoms with E-state index in [9.17, 15) is 14.0 Å². The van der Waals surface area contributed by atoms with Gasteiger partial charge in [-0.05, 0) is 67.5 Å². The molecule has 2 aromatic rings. The molecule has 1 fully saturated rings. The molecule has 1 aliphatic heterocycles. The normalized spacial score (nSPS) is 16.3. The van der Waals surface area contributed by atoms with Crippen molar-refractivity contribution in [1.29, 1.82) is 0 Å². The molecule has 2 N–H and O–H groups in total. The molecule has 1 saturated heterocycles. The van der Waals surface area contributed by atoms with Gasteiger partial charge in [-0.3, -0.25) is 4.79 Å². The standard InChI is InChI=1S/C23H28FN3O2/c1-17-5-2-9-21(13-17)26-23(29)27-12-4-7-18(16-27)10-11-22(28)25-15-19-6-3-8-20(24)14-19/h2-3,5-6,8-9,13-14,18H,4,7,10-12,15-16H2,1H3,(H,25,28)(H,26,29). The number of likely N-dealkylation sites (tertiary alicyclic amines) is 1. The van der Waals surface area contributed by atoms with E-state index in [-0.39, 0.29) is 17.8 Å². The highest BCUT2D eigenvalue weighted by atomic mass is 19.1. The Balaban J connectivity index is 1.42. The number of nitrogens with one attached hydrogen (secondary N) is 2. The molecule has 3 amide bonds. The second-order valence-corrected chi connectivity index (χ2v) is 7.70. The Kier molecular flexibility index (Phi) is 7.22. The zero-order valence-electron chi connectivity index (χ0n) is 16.8. The molecule has 0 radical (unpaired) electrons. The number of urea groups is 1. The van der Waals surface area contributed by atoms with E-state index in [1.807, 2.05) is 36.1 Å². The molecule has 154 valence electrons. The fraction of sp³-hybridized carbons (Fsp3) is 0.391. The minimum Gasteiger partial charge on any atom is -0.352 e. The van der Waals surface area contributed by atoms with Crippen LogP contribution in [0, 0.1) is 18.7 Å². The lowest BCUT2D eigenvalue weighted by Gasteiger charge is -2.32. The predicted molar refractivity (Wildman–Crippen MR) is 112 cm³/mol. The van der Waals surface area contributed by atoms with Crippen LogP contribution >= 0.6 is 0 Å². The average Bonchev–Trinajstić information content (AvgIpc) is 2.71. The van der Waals surface area contributed by atoms with Crippen LogP contribution in [0.3, 0.4) is 0 Å². The molecular weight excluding hydrogens is 369 g/mol. The summed E-state index contributed by atoms with van der Waals surface area (Å²) in [6.45, 7) is 3.72. The number of rotatable bonds is 6. The van der Waals surface area contributed by atoms with Gasteiger partial charge in [0.05, 0.1) is 0 Å². The van der Waals surface area contributed by atoms with E-state index >= 15 is 0 Å². The van der Waals surface area contributed by atoms with Crippen LogP contribution in [0.4, 0.5) is 14.9 Å².